The maximum Gasteiger partial charge on any atom is 0.264 e. The van der Waals surface area contributed by atoms with Crippen LogP contribution in [0.4, 0.5) is 10.1 Å². The molecule has 2 amide bonds. The van der Waals surface area contributed by atoms with Crippen LogP contribution in [0.2, 0.25) is 10.0 Å². The van der Waals surface area contributed by atoms with Crippen molar-refractivity contribution in [3.63, 3.8) is 0 Å². The number of amides is 2. The fourth-order valence-corrected chi connectivity index (χ4v) is 6.50. The van der Waals surface area contributed by atoms with Gasteiger partial charge in [-0.2, -0.15) is 0 Å². The molecular weight excluding hydrogens is 636 g/mol. The molecule has 0 saturated heterocycles. The first-order chi connectivity index (χ1) is 21.3. The molecule has 4 aromatic rings. The van der Waals surface area contributed by atoms with Gasteiger partial charge in [-0.05, 0) is 68.3 Å². The number of nitrogens with one attached hydrogen (secondary N) is 1. The van der Waals surface area contributed by atoms with Gasteiger partial charge in [-0.3, -0.25) is 13.9 Å². The molecule has 236 valence electrons. The molecule has 0 aliphatic carbocycles. The molecule has 1 atom stereocenters. The molecule has 45 heavy (non-hydrogen) atoms. The lowest BCUT2D eigenvalue weighted by Gasteiger charge is -2.35. The van der Waals surface area contributed by atoms with Gasteiger partial charge in [0.1, 0.15) is 18.4 Å². The molecule has 4 rings (SSSR count). The SMILES string of the molecule is CC(C)(C)NC(=O)C(Cc1ccccc1)N(Cc1ccccc1Cl)C(=O)CN(c1ccc(F)c(Cl)c1)S(=O)(=O)c1ccccc1. The molecule has 1 N–H and O–H groups in total. The molecule has 11 heteroatoms. The summed E-state index contributed by atoms with van der Waals surface area (Å²) in [5.74, 6) is -1.85. The van der Waals surface area contributed by atoms with E-state index in [9.17, 15) is 22.4 Å². The number of benzene rings is 4. The van der Waals surface area contributed by atoms with Gasteiger partial charge in [-0.15, -0.1) is 0 Å². The lowest BCUT2D eigenvalue weighted by atomic mass is 10.0. The van der Waals surface area contributed by atoms with Crippen molar-refractivity contribution in [3.05, 3.63) is 130 Å². The van der Waals surface area contributed by atoms with Crippen molar-refractivity contribution in [2.75, 3.05) is 10.8 Å². The van der Waals surface area contributed by atoms with E-state index in [1.54, 1.807) is 42.5 Å². The van der Waals surface area contributed by atoms with Crippen LogP contribution in [0.3, 0.4) is 0 Å². The Labute approximate surface area is 273 Å². The van der Waals surface area contributed by atoms with Crippen LogP contribution in [0.1, 0.15) is 31.9 Å². The Morgan fingerprint density at radius 2 is 1.44 bits per heavy atom. The van der Waals surface area contributed by atoms with Gasteiger partial charge in [0.15, 0.2) is 0 Å². The minimum absolute atomic E-state index is 0.0185. The summed E-state index contributed by atoms with van der Waals surface area (Å²) in [5.41, 5.74) is 0.715. The zero-order valence-electron chi connectivity index (χ0n) is 25.1. The number of hydrogen-bond donors (Lipinski definition) is 1. The van der Waals surface area contributed by atoms with Gasteiger partial charge in [0.05, 0.1) is 15.6 Å². The van der Waals surface area contributed by atoms with Crippen molar-refractivity contribution < 1.29 is 22.4 Å². The number of hydrogen-bond acceptors (Lipinski definition) is 4. The summed E-state index contributed by atoms with van der Waals surface area (Å²) < 4.78 is 43.0. The van der Waals surface area contributed by atoms with Crippen molar-refractivity contribution >= 4 is 50.7 Å². The summed E-state index contributed by atoms with van der Waals surface area (Å²) in [6, 6.07) is 26.1. The summed E-state index contributed by atoms with van der Waals surface area (Å²) in [6.07, 6.45) is 0.146. The van der Waals surface area contributed by atoms with Crippen LogP contribution in [0.15, 0.2) is 108 Å². The Morgan fingerprint density at radius 1 is 0.844 bits per heavy atom. The topological polar surface area (TPSA) is 86.8 Å². The highest BCUT2D eigenvalue weighted by molar-refractivity contribution is 7.92. The first kappa shape index (κ1) is 34.0. The molecule has 4 aromatic carbocycles. The molecule has 0 heterocycles. The number of carbonyl (C=O) groups excluding carboxylic acids is 2. The second-order valence-electron chi connectivity index (χ2n) is 11.5. The molecule has 0 aliphatic heterocycles. The van der Waals surface area contributed by atoms with Crippen LogP contribution in [-0.4, -0.2) is 43.3 Å². The Hall–Kier alpha value is -3.92. The van der Waals surface area contributed by atoms with Gasteiger partial charge < -0.3 is 10.2 Å². The molecule has 0 fully saturated rings. The number of nitrogens with zero attached hydrogens (tertiary/aromatic N) is 2. The molecule has 0 aliphatic rings. The lowest BCUT2D eigenvalue weighted by Crippen LogP contribution is -2.56. The second kappa shape index (κ2) is 14.5. The smallest absolute Gasteiger partial charge is 0.264 e. The molecule has 0 saturated carbocycles. The molecule has 1 unspecified atom stereocenters. The molecule has 7 nitrogen and oxygen atoms in total. The van der Waals surface area contributed by atoms with Crippen LogP contribution >= 0.6 is 23.2 Å². The lowest BCUT2D eigenvalue weighted by molar-refractivity contribution is -0.140. The van der Waals surface area contributed by atoms with Crippen molar-refractivity contribution in [1.82, 2.24) is 10.2 Å². The maximum atomic E-state index is 14.5. The standard InChI is InChI=1S/C34H34Cl2FN3O4S/c1-34(2,3)38-33(42)31(20-24-12-6-4-7-13-24)39(22-25-14-10-11-17-28(25)35)32(41)23-40(26-18-19-30(37)29(36)21-26)45(43,44)27-15-8-5-9-16-27/h4-19,21,31H,20,22-23H2,1-3H3,(H,38,42). The number of carbonyl (C=O) groups is 2. The minimum Gasteiger partial charge on any atom is -0.350 e. The summed E-state index contributed by atoms with van der Waals surface area (Å²) in [7, 11) is -4.35. The van der Waals surface area contributed by atoms with E-state index in [-0.39, 0.29) is 28.6 Å². The largest absolute Gasteiger partial charge is 0.350 e. The van der Waals surface area contributed by atoms with Crippen molar-refractivity contribution in [2.45, 2.75) is 50.2 Å². The highest BCUT2D eigenvalue weighted by Crippen LogP contribution is 2.29. The number of anilines is 1. The Kier molecular flexibility index (Phi) is 10.9. The summed E-state index contributed by atoms with van der Waals surface area (Å²) in [4.78, 5) is 29.6. The van der Waals surface area contributed by atoms with Gasteiger partial charge in [0.2, 0.25) is 11.8 Å². The van der Waals surface area contributed by atoms with E-state index in [1.807, 2.05) is 51.1 Å². The zero-order valence-corrected chi connectivity index (χ0v) is 27.4. The molecule has 0 aromatic heterocycles. The van der Waals surface area contributed by atoms with E-state index in [2.05, 4.69) is 5.32 Å². The van der Waals surface area contributed by atoms with E-state index in [4.69, 9.17) is 23.2 Å². The Morgan fingerprint density at radius 3 is 2.04 bits per heavy atom. The third-order valence-electron chi connectivity index (χ3n) is 6.87. The number of halogens is 3. The fraction of sp³-hybridized carbons (Fsp3) is 0.235. The van der Waals surface area contributed by atoms with Crippen LogP contribution in [0, 0.1) is 5.82 Å². The quantitative estimate of drug-likeness (QED) is 0.189. The van der Waals surface area contributed by atoms with Gasteiger partial charge >= 0.3 is 0 Å². The monoisotopic (exact) mass is 669 g/mol. The number of sulfonamides is 1. The van der Waals surface area contributed by atoms with E-state index in [0.29, 0.717) is 10.6 Å². The first-order valence-electron chi connectivity index (χ1n) is 14.2. The molecule has 0 spiro atoms. The van der Waals surface area contributed by atoms with Gasteiger partial charge in [0, 0.05) is 23.5 Å². The fourth-order valence-electron chi connectivity index (χ4n) is 4.71. The van der Waals surface area contributed by atoms with Gasteiger partial charge in [0.25, 0.3) is 10.0 Å². The summed E-state index contributed by atoms with van der Waals surface area (Å²) in [6.45, 7) is 4.69. The van der Waals surface area contributed by atoms with E-state index in [1.165, 1.54) is 23.1 Å². The molecular formula is C34H34Cl2FN3O4S. The Balaban J connectivity index is 1.84. The third-order valence-corrected chi connectivity index (χ3v) is 9.32. The normalized spacial score (nSPS) is 12.3. The summed E-state index contributed by atoms with van der Waals surface area (Å²) >= 11 is 12.6. The average Bonchev–Trinajstić information content (AvgIpc) is 3.00. The minimum atomic E-state index is -4.35. The van der Waals surface area contributed by atoms with Crippen molar-refractivity contribution in [1.29, 1.82) is 0 Å². The van der Waals surface area contributed by atoms with E-state index >= 15 is 0 Å². The van der Waals surface area contributed by atoms with Crippen LogP contribution in [0.25, 0.3) is 0 Å². The first-order valence-corrected chi connectivity index (χ1v) is 16.4. The van der Waals surface area contributed by atoms with E-state index < -0.39 is 45.8 Å². The van der Waals surface area contributed by atoms with Crippen molar-refractivity contribution in [2.24, 2.45) is 0 Å². The Bertz CT molecular complexity index is 1750. The van der Waals surface area contributed by atoms with Crippen LogP contribution in [-0.2, 0) is 32.6 Å². The van der Waals surface area contributed by atoms with Crippen LogP contribution < -0.4 is 9.62 Å². The summed E-state index contributed by atoms with van der Waals surface area (Å²) in [5, 5.41) is 3.04. The van der Waals surface area contributed by atoms with Crippen LogP contribution in [0.5, 0.6) is 0 Å². The van der Waals surface area contributed by atoms with Gasteiger partial charge in [-0.25, -0.2) is 12.8 Å². The van der Waals surface area contributed by atoms with Gasteiger partial charge in [-0.1, -0.05) is 89.9 Å². The maximum absolute atomic E-state index is 14.5. The number of rotatable bonds is 11. The molecule has 0 bridgehead atoms. The second-order valence-corrected chi connectivity index (χ2v) is 14.2. The molecule has 0 radical (unpaired) electrons. The predicted molar refractivity (Wildman–Crippen MR) is 176 cm³/mol. The van der Waals surface area contributed by atoms with Crippen molar-refractivity contribution in [3.8, 4) is 0 Å². The highest BCUT2D eigenvalue weighted by atomic mass is 35.5. The predicted octanol–water partition coefficient (Wildman–Crippen LogP) is 6.88. The van der Waals surface area contributed by atoms with E-state index in [0.717, 1.165) is 22.0 Å². The average molecular weight is 671 g/mol. The zero-order chi connectivity index (χ0) is 32.8. The highest BCUT2D eigenvalue weighted by Gasteiger charge is 2.36. The third kappa shape index (κ3) is 8.84.